The molecular formula is C18H13BrN4. The minimum atomic E-state index is 0.837. The Hall–Kier alpha value is -2.53. The highest BCUT2D eigenvalue weighted by molar-refractivity contribution is 9.10. The van der Waals surface area contributed by atoms with Crippen LogP contribution >= 0.6 is 15.9 Å². The average molecular weight is 365 g/mol. The Kier molecular flexibility index (Phi) is 3.42. The smallest absolute Gasteiger partial charge is 0.163 e. The van der Waals surface area contributed by atoms with Crippen molar-refractivity contribution in [1.29, 1.82) is 0 Å². The Bertz CT molecular complexity index is 1010. The molecule has 4 rings (SSSR count). The van der Waals surface area contributed by atoms with Gasteiger partial charge in [0, 0.05) is 34.0 Å². The minimum absolute atomic E-state index is 0.837. The second-order valence-electron chi connectivity index (χ2n) is 5.32. The number of aryl methyl sites for hydroxylation is 1. The third-order valence-corrected chi connectivity index (χ3v) is 4.35. The van der Waals surface area contributed by atoms with Crippen LogP contribution in [0.25, 0.3) is 27.8 Å². The summed E-state index contributed by atoms with van der Waals surface area (Å²) in [6.45, 7) is 2.09. The highest BCUT2D eigenvalue weighted by Gasteiger charge is 2.12. The predicted molar refractivity (Wildman–Crippen MR) is 94.5 cm³/mol. The van der Waals surface area contributed by atoms with Gasteiger partial charge in [-0.15, -0.1) is 0 Å². The molecule has 0 aliphatic heterocycles. The lowest BCUT2D eigenvalue weighted by molar-refractivity contribution is 0.896. The number of benzene rings is 1. The van der Waals surface area contributed by atoms with Gasteiger partial charge >= 0.3 is 0 Å². The van der Waals surface area contributed by atoms with Crippen LogP contribution in [-0.2, 0) is 0 Å². The molecule has 0 radical (unpaired) electrons. The molecule has 5 heteroatoms. The van der Waals surface area contributed by atoms with E-state index in [2.05, 4.69) is 37.9 Å². The van der Waals surface area contributed by atoms with Gasteiger partial charge in [-0.05, 0) is 48.4 Å². The first-order valence-corrected chi connectivity index (χ1v) is 8.03. The van der Waals surface area contributed by atoms with Crippen LogP contribution in [0.15, 0.2) is 65.7 Å². The number of pyridine rings is 2. The second-order valence-corrected chi connectivity index (χ2v) is 6.24. The maximum Gasteiger partial charge on any atom is 0.163 e. The molecule has 0 bridgehead atoms. The van der Waals surface area contributed by atoms with Gasteiger partial charge in [-0.3, -0.25) is 4.98 Å². The van der Waals surface area contributed by atoms with Crippen molar-refractivity contribution in [3.05, 3.63) is 71.2 Å². The van der Waals surface area contributed by atoms with Crippen LogP contribution in [-0.4, -0.2) is 19.7 Å². The van der Waals surface area contributed by atoms with Gasteiger partial charge in [-0.1, -0.05) is 22.0 Å². The molecule has 4 aromatic rings. The summed E-state index contributed by atoms with van der Waals surface area (Å²) in [5.74, 6) is 0. The molecule has 0 aliphatic carbocycles. The number of hydrogen-bond acceptors (Lipinski definition) is 3. The highest BCUT2D eigenvalue weighted by Crippen LogP contribution is 2.30. The first-order valence-electron chi connectivity index (χ1n) is 7.24. The Morgan fingerprint density at radius 1 is 1.00 bits per heavy atom. The average Bonchev–Trinajstić information content (AvgIpc) is 2.99. The van der Waals surface area contributed by atoms with Crippen LogP contribution in [0.2, 0.25) is 0 Å². The maximum absolute atomic E-state index is 4.54. The lowest BCUT2D eigenvalue weighted by Gasteiger charge is -2.07. The van der Waals surface area contributed by atoms with E-state index in [4.69, 9.17) is 0 Å². The highest BCUT2D eigenvalue weighted by atomic mass is 79.9. The number of nitrogens with zero attached hydrogens (tertiary/aromatic N) is 4. The summed E-state index contributed by atoms with van der Waals surface area (Å²) >= 11 is 3.50. The van der Waals surface area contributed by atoms with E-state index in [0.717, 1.165) is 32.3 Å². The summed E-state index contributed by atoms with van der Waals surface area (Å²) in [6.07, 6.45) is 7.38. The zero-order valence-corrected chi connectivity index (χ0v) is 14.0. The molecule has 0 N–H and O–H groups in total. The summed E-state index contributed by atoms with van der Waals surface area (Å²) < 4.78 is 2.87. The third-order valence-electron chi connectivity index (χ3n) is 3.85. The number of aromatic nitrogens is 4. The predicted octanol–water partition coefficient (Wildman–Crippen LogP) is 4.55. The van der Waals surface area contributed by atoms with E-state index in [-0.39, 0.29) is 0 Å². The second kappa shape index (κ2) is 5.59. The standard InChI is InChI=1S/C18H13BrN4/c1-12-5-7-20-10-16(12)15-6-8-21-18-17(15)11-22-23(18)14-4-2-3-13(19)9-14/h2-11H,1H3. The molecule has 0 saturated carbocycles. The quantitative estimate of drug-likeness (QED) is 0.523. The maximum atomic E-state index is 4.54. The van der Waals surface area contributed by atoms with Crippen LogP contribution in [0.4, 0.5) is 0 Å². The summed E-state index contributed by atoms with van der Waals surface area (Å²) in [6, 6.07) is 12.0. The fourth-order valence-electron chi connectivity index (χ4n) is 2.71. The fourth-order valence-corrected chi connectivity index (χ4v) is 3.09. The molecule has 3 heterocycles. The number of halogens is 1. The normalized spacial score (nSPS) is 11.0. The summed E-state index contributed by atoms with van der Waals surface area (Å²) in [4.78, 5) is 8.78. The molecule has 112 valence electrons. The Labute approximate surface area is 142 Å². The molecule has 0 saturated heterocycles. The third kappa shape index (κ3) is 2.43. The van der Waals surface area contributed by atoms with E-state index >= 15 is 0 Å². The zero-order valence-electron chi connectivity index (χ0n) is 12.4. The zero-order chi connectivity index (χ0) is 15.8. The van der Waals surface area contributed by atoms with Gasteiger partial charge in [0.2, 0.25) is 0 Å². The fraction of sp³-hybridized carbons (Fsp3) is 0.0556. The lowest BCUT2D eigenvalue weighted by Crippen LogP contribution is -1.97. The van der Waals surface area contributed by atoms with Crippen LogP contribution in [0.1, 0.15) is 5.56 Å². The van der Waals surface area contributed by atoms with Crippen molar-refractivity contribution in [3.63, 3.8) is 0 Å². The van der Waals surface area contributed by atoms with Crippen LogP contribution < -0.4 is 0 Å². The first-order chi connectivity index (χ1) is 11.2. The van der Waals surface area contributed by atoms with Gasteiger partial charge in [0.15, 0.2) is 5.65 Å². The molecule has 0 aliphatic rings. The van der Waals surface area contributed by atoms with Gasteiger partial charge in [0.1, 0.15) is 0 Å². The lowest BCUT2D eigenvalue weighted by atomic mass is 10.0. The van der Waals surface area contributed by atoms with Crippen molar-refractivity contribution in [2.75, 3.05) is 0 Å². The van der Waals surface area contributed by atoms with Crippen molar-refractivity contribution >= 4 is 27.0 Å². The molecule has 3 aromatic heterocycles. The van der Waals surface area contributed by atoms with Gasteiger partial charge in [-0.25, -0.2) is 9.67 Å². The number of hydrogen-bond donors (Lipinski definition) is 0. The van der Waals surface area contributed by atoms with E-state index in [1.807, 2.05) is 65.9 Å². The summed E-state index contributed by atoms with van der Waals surface area (Å²) in [5, 5.41) is 5.55. The molecule has 0 amide bonds. The number of rotatable bonds is 2. The largest absolute Gasteiger partial charge is 0.264 e. The SMILES string of the molecule is Cc1ccncc1-c1ccnc2c1cnn2-c1cccc(Br)c1. The Morgan fingerprint density at radius 2 is 1.91 bits per heavy atom. The van der Waals surface area contributed by atoms with Gasteiger partial charge in [0.05, 0.1) is 11.9 Å². The van der Waals surface area contributed by atoms with Crippen LogP contribution in [0.5, 0.6) is 0 Å². The Morgan fingerprint density at radius 3 is 2.74 bits per heavy atom. The van der Waals surface area contributed by atoms with Crippen molar-refractivity contribution in [2.45, 2.75) is 6.92 Å². The molecule has 23 heavy (non-hydrogen) atoms. The minimum Gasteiger partial charge on any atom is -0.264 e. The van der Waals surface area contributed by atoms with Crippen molar-refractivity contribution in [1.82, 2.24) is 19.7 Å². The summed E-state index contributed by atoms with van der Waals surface area (Å²) in [5.41, 5.74) is 5.20. The summed E-state index contributed by atoms with van der Waals surface area (Å²) in [7, 11) is 0. The van der Waals surface area contributed by atoms with E-state index in [0.29, 0.717) is 0 Å². The van der Waals surface area contributed by atoms with E-state index < -0.39 is 0 Å². The van der Waals surface area contributed by atoms with E-state index in [9.17, 15) is 0 Å². The molecule has 0 unspecified atom stereocenters. The van der Waals surface area contributed by atoms with Crippen molar-refractivity contribution < 1.29 is 0 Å². The van der Waals surface area contributed by atoms with E-state index in [1.165, 1.54) is 5.56 Å². The molecule has 0 fully saturated rings. The van der Waals surface area contributed by atoms with Gasteiger partial charge in [-0.2, -0.15) is 5.10 Å². The van der Waals surface area contributed by atoms with E-state index in [1.54, 1.807) is 0 Å². The van der Waals surface area contributed by atoms with Gasteiger partial charge in [0.25, 0.3) is 0 Å². The van der Waals surface area contributed by atoms with Crippen LogP contribution in [0.3, 0.4) is 0 Å². The Balaban J connectivity index is 1.96. The first kappa shape index (κ1) is 14.1. The molecule has 4 nitrogen and oxygen atoms in total. The topological polar surface area (TPSA) is 43.6 Å². The van der Waals surface area contributed by atoms with Crippen molar-refractivity contribution in [3.8, 4) is 16.8 Å². The molecular weight excluding hydrogens is 352 g/mol. The number of fused-ring (bicyclic) bond motifs is 1. The molecule has 0 spiro atoms. The molecule has 1 aromatic carbocycles. The van der Waals surface area contributed by atoms with Crippen molar-refractivity contribution in [2.24, 2.45) is 0 Å². The molecule has 0 atom stereocenters. The monoisotopic (exact) mass is 364 g/mol. The van der Waals surface area contributed by atoms with Crippen LogP contribution in [0, 0.1) is 6.92 Å². The van der Waals surface area contributed by atoms with Gasteiger partial charge < -0.3 is 0 Å².